The molecule has 2 aromatic carbocycles. The highest BCUT2D eigenvalue weighted by atomic mass is 32.2. The van der Waals surface area contributed by atoms with Crippen LogP contribution in [0.15, 0.2) is 59.6 Å². The summed E-state index contributed by atoms with van der Waals surface area (Å²) in [5.41, 5.74) is -2.32. The van der Waals surface area contributed by atoms with E-state index in [9.17, 15) is 39.2 Å². The first kappa shape index (κ1) is 26.9. The van der Waals surface area contributed by atoms with Gasteiger partial charge in [-0.2, -0.15) is 30.6 Å². The summed E-state index contributed by atoms with van der Waals surface area (Å²) in [7, 11) is -4.84. The molecule has 198 valence electrons. The Labute approximate surface area is 207 Å². The van der Waals surface area contributed by atoms with E-state index >= 15 is 0 Å². The molecule has 0 atom stereocenters. The molecule has 3 aromatic rings. The van der Waals surface area contributed by atoms with Gasteiger partial charge in [0, 0.05) is 24.8 Å². The van der Waals surface area contributed by atoms with Crippen LogP contribution < -0.4 is 4.74 Å². The molecule has 0 aliphatic carbocycles. The Balaban J connectivity index is 1.84. The lowest BCUT2D eigenvalue weighted by Gasteiger charge is -2.24. The number of fused-ring (bicyclic) bond motifs is 1. The van der Waals surface area contributed by atoms with Crippen LogP contribution in [-0.4, -0.2) is 30.9 Å². The fourth-order valence-electron chi connectivity index (χ4n) is 3.89. The molecule has 0 saturated carbocycles. The Morgan fingerprint density at radius 1 is 0.865 bits per heavy atom. The molecule has 0 saturated heterocycles. The molecular formula is C24H19F7N2O3S. The van der Waals surface area contributed by atoms with Crippen molar-refractivity contribution in [2.45, 2.75) is 36.6 Å². The molecule has 37 heavy (non-hydrogen) atoms. The zero-order chi connectivity index (χ0) is 27.0. The van der Waals surface area contributed by atoms with Crippen molar-refractivity contribution in [3.05, 3.63) is 77.2 Å². The highest BCUT2D eigenvalue weighted by Gasteiger charge is 2.39. The standard InChI is InChI=1S/C24H19F7N2O3S/c25-18-5-3-15(4-6-18)20-7-8-32-22-21(20)14-33(9-1-2-10-36-22)37(34,35)19-12-16(23(26,27)28)11-17(13-19)24(29,30)31/h3-8,11-13H,1-2,9-10,14H2. The fraction of sp³-hybridized carbons (Fsp3) is 0.292. The van der Waals surface area contributed by atoms with Crippen LogP contribution >= 0.6 is 0 Å². The number of benzene rings is 2. The second-order valence-corrected chi connectivity index (χ2v) is 10.2. The molecule has 0 bridgehead atoms. The van der Waals surface area contributed by atoms with Gasteiger partial charge in [-0.3, -0.25) is 0 Å². The monoisotopic (exact) mass is 548 g/mol. The summed E-state index contributed by atoms with van der Waals surface area (Å²) in [6.45, 7) is -0.487. The van der Waals surface area contributed by atoms with Crippen molar-refractivity contribution in [3.8, 4) is 17.0 Å². The first-order valence-corrected chi connectivity index (χ1v) is 12.4. The molecule has 2 heterocycles. The van der Waals surface area contributed by atoms with Gasteiger partial charge >= 0.3 is 12.4 Å². The predicted molar refractivity (Wildman–Crippen MR) is 118 cm³/mol. The van der Waals surface area contributed by atoms with E-state index in [1.807, 2.05) is 0 Å². The molecule has 13 heteroatoms. The van der Waals surface area contributed by atoms with E-state index in [1.165, 1.54) is 36.5 Å². The summed E-state index contributed by atoms with van der Waals surface area (Å²) in [5, 5.41) is 0. The molecule has 0 spiro atoms. The molecule has 1 aliphatic heterocycles. The molecule has 4 rings (SSSR count). The molecule has 1 aliphatic rings. The maximum absolute atomic E-state index is 13.5. The van der Waals surface area contributed by atoms with Crippen LogP contribution in [0.5, 0.6) is 5.88 Å². The number of rotatable bonds is 3. The zero-order valence-corrected chi connectivity index (χ0v) is 19.7. The van der Waals surface area contributed by atoms with Crippen LogP contribution in [0, 0.1) is 5.82 Å². The summed E-state index contributed by atoms with van der Waals surface area (Å²) in [4.78, 5) is 3.00. The number of pyridine rings is 1. The summed E-state index contributed by atoms with van der Waals surface area (Å²) in [6.07, 6.45) is -8.44. The Morgan fingerprint density at radius 3 is 2.08 bits per heavy atom. The maximum atomic E-state index is 13.5. The van der Waals surface area contributed by atoms with E-state index in [0.29, 0.717) is 17.5 Å². The topological polar surface area (TPSA) is 59.5 Å². The number of aromatic nitrogens is 1. The minimum absolute atomic E-state index is 0.0592. The average Bonchev–Trinajstić information content (AvgIpc) is 2.93. The first-order chi connectivity index (χ1) is 17.3. The number of halogens is 7. The molecule has 0 N–H and O–H groups in total. The third-order valence-corrected chi connectivity index (χ3v) is 7.57. The van der Waals surface area contributed by atoms with Crippen molar-refractivity contribution in [1.29, 1.82) is 0 Å². The first-order valence-electron chi connectivity index (χ1n) is 10.9. The van der Waals surface area contributed by atoms with Crippen LogP contribution in [0.1, 0.15) is 29.5 Å². The van der Waals surface area contributed by atoms with Crippen molar-refractivity contribution < 1.29 is 43.9 Å². The average molecular weight is 548 g/mol. The number of nitrogens with zero attached hydrogens (tertiary/aromatic N) is 2. The fourth-order valence-corrected chi connectivity index (χ4v) is 5.41. The van der Waals surface area contributed by atoms with Crippen molar-refractivity contribution in [2.75, 3.05) is 13.2 Å². The van der Waals surface area contributed by atoms with Crippen molar-refractivity contribution in [1.82, 2.24) is 9.29 Å². The smallest absolute Gasteiger partial charge is 0.416 e. The van der Waals surface area contributed by atoms with Crippen LogP contribution in [-0.2, 0) is 28.9 Å². The highest BCUT2D eigenvalue weighted by Crippen LogP contribution is 2.39. The molecule has 5 nitrogen and oxygen atoms in total. The third-order valence-electron chi connectivity index (χ3n) is 5.75. The van der Waals surface area contributed by atoms with Gasteiger partial charge in [-0.05, 0) is 60.4 Å². The van der Waals surface area contributed by atoms with Crippen molar-refractivity contribution in [3.63, 3.8) is 0 Å². The number of hydrogen-bond donors (Lipinski definition) is 0. The van der Waals surface area contributed by atoms with Gasteiger partial charge in [-0.1, -0.05) is 12.1 Å². The van der Waals surface area contributed by atoms with Crippen LogP contribution in [0.4, 0.5) is 30.7 Å². The summed E-state index contributed by atoms with van der Waals surface area (Å²) in [5.74, 6) is -0.452. The van der Waals surface area contributed by atoms with Crippen LogP contribution in [0.2, 0.25) is 0 Å². The lowest BCUT2D eigenvalue weighted by atomic mass is 10.0. The van der Waals surface area contributed by atoms with Gasteiger partial charge in [-0.15, -0.1) is 0 Å². The molecule has 0 fully saturated rings. The Hall–Kier alpha value is -3.19. The molecule has 0 radical (unpaired) electrons. The number of hydrogen-bond acceptors (Lipinski definition) is 4. The Morgan fingerprint density at radius 2 is 1.49 bits per heavy atom. The number of sulfonamides is 1. The summed E-state index contributed by atoms with van der Waals surface area (Å²) >= 11 is 0. The van der Waals surface area contributed by atoms with E-state index in [4.69, 9.17) is 4.74 Å². The minimum Gasteiger partial charge on any atom is -0.477 e. The lowest BCUT2D eigenvalue weighted by molar-refractivity contribution is -0.143. The second-order valence-electron chi connectivity index (χ2n) is 8.28. The third kappa shape index (κ3) is 5.87. The summed E-state index contributed by atoms with van der Waals surface area (Å²) in [6, 6.07) is 7.05. The van der Waals surface area contributed by atoms with E-state index in [-0.39, 0.29) is 49.2 Å². The SMILES string of the molecule is O=S(=O)(c1cc(C(F)(F)F)cc(C(F)(F)F)c1)N1CCCCOc2nccc(-c3ccc(F)cc3)c2C1. The number of alkyl halides is 6. The van der Waals surface area contributed by atoms with E-state index in [1.54, 1.807) is 0 Å². The van der Waals surface area contributed by atoms with Gasteiger partial charge < -0.3 is 4.74 Å². The van der Waals surface area contributed by atoms with Gasteiger partial charge in [0.25, 0.3) is 0 Å². The van der Waals surface area contributed by atoms with Gasteiger partial charge in [0.15, 0.2) is 0 Å². The lowest BCUT2D eigenvalue weighted by Crippen LogP contribution is -2.32. The maximum Gasteiger partial charge on any atom is 0.416 e. The van der Waals surface area contributed by atoms with Gasteiger partial charge in [0.05, 0.1) is 22.6 Å². The van der Waals surface area contributed by atoms with E-state index < -0.39 is 50.8 Å². The predicted octanol–water partition coefficient (Wildman–Crippen LogP) is 6.29. The Bertz CT molecular complexity index is 1360. The largest absolute Gasteiger partial charge is 0.477 e. The molecular weight excluding hydrogens is 529 g/mol. The molecule has 0 amide bonds. The van der Waals surface area contributed by atoms with Gasteiger partial charge in [0.1, 0.15) is 5.82 Å². The normalized spacial score (nSPS) is 15.8. The van der Waals surface area contributed by atoms with E-state index in [0.717, 1.165) is 4.31 Å². The van der Waals surface area contributed by atoms with Gasteiger partial charge in [-0.25, -0.2) is 17.8 Å². The van der Waals surface area contributed by atoms with Crippen LogP contribution in [0.3, 0.4) is 0 Å². The molecule has 0 unspecified atom stereocenters. The quantitative estimate of drug-likeness (QED) is 0.361. The Kier molecular flexibility index (Phi) is 7.21. The zero-order valence-electron chi connectivity index (χ0n) is 18.9. The molecule has 1 aromatic heterocycles. The minimum atomic E-state index is -5.21. The number of ether oxygens (including phenoxy) is 1. The van der Waals surface area contributed by atoms with Crippen LogP contribution in [0.25, 0.3) is 11.1 Å². The second kappa shape index (κ2) is 9.93. The van der Waals surface area contributed by atoms with Crippen molar-refractivity contribution in [2.24, 2.45) is 0 Å². The van der Waals surface area contributed by atoms with Gasteiger partial charge in [0.2, 0.25) is 15.9 Å². The van der Waals surface area contributed by atoms with Crippen molar-refractivity contribution >= 4 is 10.0 Å². The highest BCUT2D eigenvalue weighted by molar-refractivity contribution is 7.89. The van der Waals surface area contributed by atoms with E-state index in [2.05, 4.69) is 4.98 Å². The summed E-state index contributed by atoms with van der Waals surface area (Å²) < 4.78 is 127.